The molecular weight excluding hydrogens is 410 g/mol. The van der Waals surface area contributed by atoms with Crippen molar-refractivity contribution in [3.8, 4) is 11.3 Å². The van der Waals surface area contributed by atoms with E-state index in [0.29, 0.717) is 18.3 Å². The summed E-state index contributed by atoms with van der Waals surface area (Å²) in [5.41, 5.74) is 4.27. The van der Waals surface area contributed by atoms with Gasteiger partial charge < -0.3 is 15.3 Å². The third kappa shape index (κ3) is 5.28. The molecule has 31 heavy (non-hydrogen) atoms. The number of aromatic nitrogens is 1. The Morgan fingerprint density at radius 2 is 1.90 bits per heavy atom. The van der Waals surface area contributed by atoms with Crippen molar-refractivity contribution in [1.82, 2.24) is 9.88 Å². The molecule has 2 aliphatic rings. The Balaban J connectivity index is 1.37. The summed E-state index contributed by atoms with van der Waals surface area (Å²) in [5.74, 6) is 0.181. The lowest BCUT2D eigenvalue weighted by Gasteiger charge is -2.30. The molecule has 5 nitrogen and oxygen atoms in total. The lowest BCUT2D eigenvalue weighted by Crippen LogP contribution is -2.36. The second kappa shape index (κ2) is 9.56. The molecule has 1 atom stereocenters. The minimum Gasteiger partial charge on any atom is -0.481 e. The quantitative estimate of drug-likeness (QED) is 0.596. The van der Waals surface area contributed by atoms with Gasteiger partial charge in [0, 0.05) is 25.2 Å². The third-order valence-corrected chi connectivity index (χ3v) is 6.63. The number of carboxylic acid groups (broad SMARTS) is 1. The van der Waals surface area contributed by atoms with Crippen LogP contribution in [0.1, 0.15) is 43.6 Å². The number of rotatable bonds is 6. The van der Waals surface area contributed by atoms with Gasteiger partial charge in [0.1, 0.15) is 6.17 Å². The summed E-state index contributed by atoms with van der Waals surface area (Å²) < 4.78 is 0. The molecule has 0 amide bonds. The van der Waals surface area contributed by atoms with E-state index < -0.39 is 5.97 Å². The number of aliphatic carboxylic acids is 1. The number of likely N-dealkylation sites (N-methyl/N-ethyl adjacent to an activating group) is 1. The highest BCUT2D eigenvalue weighted by Gasteiger charge is 2.24. The highest BCUT2D eigenvalue weighted by Crippen LogP contribution is 2.37. The van der Waals surface area contributed by atoms with Gasteiger partial charge in [0.2, 0.25) is 0 Å². The van der Waals surface area contributed by atoms with Crippen LogP contribution in [0.4, 0.5) is 5.69 Å². The van der Waals surface area contributed by atoms with E-state index >= 15 is 0 Å². The number of nitrogens with one attached hydrogen (secondary N) is 1. The average molecular weight is 438 g/mol. The van der Waals surface area contributed by atoms with Crippen molar-refractivity contribution in [3.05, 3.63) is 71.5 Å². The third-order valence-electron chi connectivity index (χ3n) is 6.30. The fraction of sp³-hybridized carbons (Fsp3) is 0.360. The number of allylic oxidation sites excluding steroid dienone is 2. The molecule has 4 rings (SSSR count). The van der Waals surface area contributed by atoms with Gasteiger partial charge in [-0.1, -0.05) is 35.9 Å². The Kier molecular flexibility index (Phi) is 6.62. The Bertz CT molecular complexity index is 961. The largest absolute Gasteiger partial charge is 0.481 e. The van der Waals surface area contributed by atoms with Crippen LogP contribution >= 0.6 is 11.6 Å². The molecule has 1 aromatic heterocycles. The van der Waals surface area contributed by atoms with E-state index in [1.165, 1.54) is 5.56 Å². The first kappa shape index (κ1) is 21.4. The van der Waals surface area contributed by atoms with E-state index in [1.54, 1.807) is 0 Å². The van der Waals surface area contributed by atoms with Gasteiger partial charge in [-0.05, 0) is 67.4 Å². The Morgan fingerprint density at radius 1 is 1.16 bits per heavy atom. The molecule has 2 heterocycles. The lowest BCUT2D eigenvalue weighted by molar-refractivity contribution is -0.138. The minimum atomic E-state index is -0.677. The second-order valence-electron chi connectivity index (χ2n) is 8.48. The van der Waals surface area contributed by atoms with Gasteiger partial charge in [0.05, 0.1) is 22.6 Å². The van der Waals surface area contributed by atoms with Crippen LogP contribution in [0.3, 0.4) is 0 Å². The molecule has 0 radical (unpaired) electrons. The predicted octanol–water partition coefficient (Wildman–Crippen LogP) is 5.82. The summed E-state index contributed by atoms with van der Waals surface area (Å²) in [5, 5.41) is 13.1. The number of pyridine rings is 1. The molecule has 2 N–H and O–H groups in total. The first-order valence-electron chi connectivity index (χ1n) is 10.8. The molecule has 1 aliphatic carbocycles. The molecular formula is C25H28ClN3O2. The maximum Gasteiger partial charge on any atom is 0.303 e. The van der Waals surface area contributed by atoms with Crippen LogP contribution < -0.4 is 5.32 Å². The molecule has 1 aliphatic heterocycles. The van der Waals surface area contributed by atoms with Gasteiger partial charge in [0.25, 0.3) is 0 Å². The van der Waals surface area contributed by atoms with E-state index in [4.69, 9.17) is 16.7 Å². The molecule has 1 aromatic carbocycles. The topological polar surface area (TPSA) is 65.5 Å². The number of halogens is 1. The predicted molar refractivity (Wildman–Crippen MR) is 125 cm³/mol. The number of nitrogens with zero attached hydrogens (tertiary/aromatic N) is 2. The fourth-order valence-corrected chi connectivity index (χ4v) is 4.78. The highest BCUT2D eigenvalue weighted by atomic mass is 35.5. The first-order valence-corrected chi connectivity index (χ1v) is 11.2. The van der Waals surface area contributed by atoms with Crippen molar-refractivity contribution in [2.24, 2.45) is 5.92 Å². The first-order chi connectivity index (χ1) is 15.0. The normalized spacial score (nSPS) is 23.4. The molecule has 2 aromatic rings. The zero-order valence-corrected chi connectivity index (χ0v) is 18.4. The van der Waals surface area contributed by atoms with E-state index in [9.17, 15) is 4.79 Å². The molecule has 162 valence electrons. The van der Waals surface area contributed by atoms with Crippen LogP contribution in [-0.4, -0.2) is 34.2 Å². The van der Waals surface area contributed by atoms with Crippen molar-refractivity contribution in [2.45, 2.75) is 44.2 Å². The number of hydrogen-bond acceptors (Lipinski definition) is 4. The standard InChI is InChI=1S/C25H28ClN3O2/c1-29-14-2-3-22(26)25(29)28-21-12-13-23(27-16-21)20-10-8-19(9-11-20)18-6-4-17(5-7-18)15-24(30)31/h2-3,8-14,16-18,25,28H,4-7,15H2,1H3,(H,30,31). The Morgan fingerprint density at radius 3 is 2.52 bits per heavy atom. The fourth-order valence-electron chi connectivity index (χ4n) is 4.49. The maximum atomic E-state index is 10.9. The second-order valence-corrected chi connectivity index (χ2v) is 8.91. The zero-order valence-electron chi connectivity index (χ0n) is 17.7. The van der Waals surface area contributed by atoms with E-state index in [2.05, 4.69) is 34.6 Å². The van der Waals surface area contributed by atoms with Crippen LogP contribution in [0.15, 0.2) is 66.0 Å². The summed E-state index contributed by atoms with van der Waals surface area (Å²) in [7, 11) is 1.98. The monoisotopic (exact) mass is 437 g/mol. The summed E-state index contributed by atoms with van der Waals surface area (Å²) in [4.78, 5) is 17.6. The summed E-state index contributed by atoms with van der Waals surface area (Å²) in [6.45, 7) is 0. The van der Waals surface area contributed by atoms with E-state index in [-0.39, 0.29) is 6.17 Å². The van der Waals surface area contributed by atoms with Crippen molar-refractivity contribution in [2.75, 3.05) is 12.4 Å². The minimum absolute atomic E-state index is 0.0933. The van der Waals surface area contributed by atoms with Crippen LogP contribution in [-0.2, 0) is 4.79 Å². The molecule has 0 saturated heterocycles. The Hall–Kier alpha value is -2.79. The van der Waals surface area contributed by atoms with Crippen molar-refractivity contribution in [3.63, 3.8) is 0 Å². The van der Waals surface area contributed by atoms with Gasteiger partial charge in [-0.25, -0.2) is 0 Å². The van der Waals surface area contributed by atoms with Gasteiger partial charge in [-0.2, -0.15) is 0 Å². The van der Waals surface area contributed by atoms with Crippen molar-refractivity contribution in [1.29, 1.82) is 0 Å². The summed E-state index contributed by atoms with van der Waals surface area (Å²) in [6, 6.07) is 12.7. The number of anilines is 1. The van der Waals surface area contributed by atoms with Crippen LogP contribution in [0.2, 0.25) is 0 Å². The molecule has 1 saturated carbocycles. The van der Waals surface area contributed by atoms with Crippen LogP contribution in [0.5, 0.6) is 0 Å². The smallest absolute Gasteiger partial charge is 0.303 e. The molecule has 6 heteroatoms. The van der Waals surface area contributed by atoms with Gasteiger partial charge in [0.15, 0.2) is 0 Å². The van der Waals surface area contributed by atoms with Gasteiger partial charge in [-0.15, -0.1) is 0 Å². The molecule has 1 fully saturated rings. The number of carbonyl (C=O) groups is 1. The lowest BCUT2D eigenvalue weighted by atomic mass is 9.77. The number of carboxylic acids is 1. The number of hydrogen-bond donors (Lipinski definition) is 2. The zero-order chi connectivity index (χ0) is 21.8. The summed E-state index contributed by atoms with van der Waals surface area (Å²) in [6.07, 6.45) is 12.0. The van der Waals surface area contributed by atoms with Crippen molar-refractivity contribution < 1.29 is 9.90 Å². The summed E-state index contributed by atoms with van der Waals surface area (Å²) >= 11 is 6.32. The van der Waals surface area contributed by atoms with Crippen molar-refractivity contribution >= 4 is 23.3 Å². The SMILES string of the molecule is CN1C=CC=C(Cl)C1Nc1ccc(-c2ccc(C3CCC(CC(=O)O)CC3)cc2)nc1. The van der Waals surface area contributed by atoms with Crippen LogP contribution in [0.25, 0.3) is 11.3 Å². The van der Waals surface area contributed by atoms with Gasteiger partial charge in [-0.3, -0.25) is 9.78 Å². The van der Waals surface area contributed by atoms with Crippen LogP contribution in [0, 0.1) is 5.92 Å². The maximum absolute atomic E-state index is 10.9. The van der Waals surface area contributed by atoms with Gasteiger partial charge >= 0.3 is 5.97 Å². The Labute approximate surface area is 188 Å². The molecule has 0 bridgehead atoms. The molecule has 1 unspecified atom stereocenters. The molecule has 0 spiro atoms. The van der Waals surface area contributed by atoms with E-state index in [0.717, 1.165) is 47.7 Å². The highest BCUT2D eigenvalue weighted by molar-refractivity contribution is 6.30. The average Bonchev–Trinajstić information content (AvgIpc) is 2.77. The van der Waals surface area contributed by atoms with E-state index in [1.807, 2.05) is 48.6 Å². The number of benzene rings is 1.